The van der Waals surface area contributed by atoms with Gasteiger partial charge in [-0.15, -0.1) is 0 Å². The first kappa shape index (κ1) is 8.96. The van der Waals surface area contributed by atoms with Crippen LogP contribution in [0.3, 0.4) is 0 Å². The number of carbonyl (C=O) groups is 2. The second kappa shape index (κ2) is 4.04. The lowest BCUT2D eigenvalue weighted by Crippen LogP contribution is -1.98. The van der Waals surface area contributed by atoms with Gasteiger partial charge in [0.25, 0.3) is 0 Å². The summed E-state index contributed by atoms with van der Waals surface area (Å²) in [4.78, 5) is 23.8. The van der Waals surface area contributed by atoms with Gasteiger partial charge < -0.3 is 0 Å². The summed E-state index contributed by atoms with van der Waals surface area (Å²) < 4.78 is 0. The van der Waals surface area contributed by atoms with Crippen LogP contribution in [0, 0.1) is 0 Å². The van der Waals surface area contributed by atoms with E-state index in [4.69, 9.17) is 5.53 Å². The fraction of sp³-hybridized carbons (Fsp3) is 0. The molecular formula is C8H5N3O2. The second-order valence-corrected chi connectivity index (χ2v) is 2.20. The van der Waals surface area contributed by atoms with Gasteiger partial charge in [-0.3, -0.25) is 9.59 Å². The number of aldehydes is 1. The summed E-state index contributed by atoms with van der Waals surface area (Å²) in [6.45, 7) is 0. The zero-order chi connectivity index (χ0) is 9.68. The number of hydrogen-bond acceptors (Lipinski definition) is 2. The largest absolute Gasteiger partial charge is 0.298 e. The van der Waals surface area contributed by atoms with Crippen molar-refractivity contribution in [2.45, 2.75) is 0 Å². The van der Waals surface area contributed by atoms with E-state index in [-0.39, 0.29) is 11.1 Å². The third-order valence-corrected chi connectivity index (χ3v) is 1.45. The van der Waals surface area contributed by atoms with E-state index in [0.29, 0.717) is 6.29 Å². The molecule has 64 valence electrons. The maximum Gasteiger partial charge on any atom is 0.249 e. The van der Waals surface area contributed by atoms with Gasteiger partial charge in [0.15, 0.2) is 6.29 Å². The zero-order valence-electron chi connectivity index (χ0n) is 6.54. The summed E-state index contributed by atoms with van der Waals surface area (Å²) in [5.41, 5.74) is 8.35. The topological polar surface area (TPSA) is 82.9 Å². The first-order valence-corrected chi connectivity index (χ1v) is 3.43. The van der Waals surface area contributed by atoms with Gasteiger partial charge in [-0.2, -0.15) is 0 Å². The molecule has 0 saturated heterocycles. The minimum atomic E-state index is -0.745. The van der Waals surface area contributed by atoms with Crippen molar-refractivity contribution < 1.29 is 9.59 Å². The van der Waals surface area contributed by atoms with Gasteiger partial charge in [0.05, 0.1) is 0 Å². The molecule has 5 nitrogen and oxygen atoms in total. The van der Waals surface area contributed by atoms with E-state index >= 15 is 0 Å². The van der Waals surface area contributed by atoms with Crippen molar-refractivity contribution in [3.8, 4) is 0 Å². The second-order valence-electron chi connectivity index (χ2n) is 2.20. The number of azide groups is 1. The third kappa shape index (κ3) is 1.91. The van der Waals surface area contributed by atoms with E-state index in [2.05, 4.69) is 10.0 Å². The molecule has 0 radical (unpaired) electrons. The van der Waals surface area contributed by atoms with Crippen molar-refractivity contribution in [1.29, 1.82) is 0 Å². The van der Waals surface area contributed by atoms with Crippen LogP contribution < -0.4 is 0 Å². The molecule has 0 N–H and O–H groups in total. The minimum absolute atomic E-state index is 0.121. The van der Waals surface area contributed by atoms with E-state index in [1.807, 2.05) is 0 Å². The van der Waals surface area contributed by atoms with Crippen LogP contribution in [-0.4, -0.2) is 12.2 Å². The maximum absolute atomic E-state index is 11.0. The van der Waals surface area contributed by atoms with E-state index in [1.54, 1.807) is 12.1 Å². The molecule has 0 saturated carbocycles. The lowest BCUT2D eigenvalue weighted by molar-refractivity contribution is 0.0993. The highest BCUT2D eigenvalue weighted by atomic mass is 16.1. The van der Waals surface area contributed by atoms with Gasteiger partial charge >= 0.3 is 0 Å². The van der Waals surface area contributed by atoms with Crippen LogP contribution in [0.2, 0.25) is 0 Å². The molecule has 5 heteroatoms. The van der Waals surface area contributed by atoms with E-state index < -0.39 is 5.91 Å². The predicted molar refractivity (Wildman–Crippen MR) is 45.3 cm³/mol. The molecule has 0 unspecified atom stereocenters. The standard InChI is InChI=1S/C8H5N3O2/c9-11-10-8(13)7-4-2-1-3-6(7)5-12/h1-5H. The molecule has 1 aromatic rings. The lowest BCUT2D eigenvalue weighted by Gasteiger charge is -1.96. The van der Waals surface area contributed by atoms with Crippen molar-refractivity contribution >= 4 is 12.2 Å². The zero-order valence-corrected chi connectivity index (χ0v) is 6.54. The SMILES string of the molecule is [N-]=[N+]=NC(=O)c1ccccc1C=O. The van der Waals surface area contributed by atoms with Crippen LogP contribution in [0.15, 0.2) is 29.4 Å². The summed E-state index contributed by atoms with van der Waals surface area (Å²) in [6.07, 6.45) is 0.542. The summed E-state index contributed by atoms with van der Waals surface area (Å²) >= 11 is 0. The number of amides is 1. The van der Waals surface area contributed by atoms with Gasteiger partial charge in [0, 0.05) is 16.0 Å². The molecule has 0 aromatic heterocycles. The molecule has 0 fully saturated rings. The van der Waals surface area contributed by atoms with Crippen molar-refractivity contribution in [2.75, 3.05) is 0 Å². The van der Waals surface area contributed by atoms with Crippen molar-refractivity contribution in [3.05, 3.63) is 45.8 Å². The van der Waals surface area contributed by atoms with E-state index in [9.17, 15) is 9.59 Å². The molecule has 0 atom stereocenters. The highest BCUT2D eigenvalue weighted by Gasteiger charge is 2.07. The Hall–Kier alpha value is -2.13. The number of benzene rings is 1. The Balaban J connectivity index is 3.20. The van der Waals surface area contributed by atoms with Crippen LogP contribution in [-0.2, 0) is 0 Å². The molecule has 1 amide bonds. The van der Waals surface area contributed by atoms with Gasteiger partial charge in [-0.05, 0) is 10.6 Å². The average molecular weight is 175 g/mol. The van der Waals surface area contributed by atoms with E-state index in [0.717, 1.165) is 0 Å². The number of carbonyl (C=O) groups excluding carboxylic acids is 2. The van der Waals surface area contributed by atoms with Crippen molar-refractivity contribution in [1.82, 2.24) is 0 Å². The molecule has 0 aliphatic rings. The summed E-state index contributed by atoms with van der Waals surface area (Å²) in [5, 5.41) is 2.89. The smallest absolute Gasteiger partial charge is 0.249 e. The third-order valence-electron chi connectivity index (χ3n) is 1.45. The van der Waals surface area contributed by atoms with Crippen LogP contribution in [0.4, 0.5) is 0 Å². The van der Waals surface area contributed by atoms with Gasteiger partial charge in [-0.25, -0.2) is 0 Å². The highest BCUT2D eigenvalue weighted by molar-refractivity contribution is 6.01. The number of rotatable bonds is 2. The van der Waals surface area contributed by atoms with Gasteiger partial charge in [0.1, 0.15) is 0 Å². The van der Waals surface area contributed by atoms with Gasteiger partial charge in [-0.1, -0.05) is 24.3 Å². The summed E-state index contributed by atoms with van der Waals surface area (Å²) in [6, 6.07) is 6.12. The molecule has 13 heavy (non-hydrogen) atoms. The highest BCUT2D eigenvalue weighted by Crippen LogP contribution is 2.07. The minimum Gasteiger partial charge on any atom is -0.298 e. The normalized spacial score (nSPS) is 8.62. The van der Waals surface area contributed by atoms with Gasteiger partial charge in [0.2, 0.25) is 5.91 Å². The van der Waals surface area contributed by atoms with Crippen LogP contribution in [0.1, 0.15) is 20.7 Å². The van der Waals surface area contributed by atoms with Crippen molar-refractivity contribution in [2.24, 2.45) is 5.11 Å². The summed E-state index contributed by atoms with van der Waals surface area (Å²) in [5.74, 6) is -0.745. The Kier molecular flexibility index (Phi) is 2.78. The molecule has 1 rings (SSSR count). The first-order chi connectivity index (χ1) is 6.29. The van der Waals surface area contributed by atoms with Crippen molar-refractivity contribution in [3.63, 3.8) is 0 Å². The Labute approximate surface area is 73.6 Å². The fourth-order valence-corrected chi connectivity index (χ4v) is 0.889. The molecule has 0 bridgehead atoms. The molecule has 1 aromatic carbocycles. The Morgan fingerprint density at radius 2 is 2.15 bits per heavy atom. The Morgan fingerprint density at radius 1 is 1.46 bits per heavy atom. The molecule has 0 aliphatic carbocycles. The summed E-state index contributed by atoms with van der Waals surface area (Å²) in [7, 11) is 0. The quantitative estimate of drug-likeness (QED) is 0.298. The lowest BCUT2D eigenvalue weighted by atomic mass is 10.1. The molecule has 0 aliphatic heterocycles. The fourth-order valence-electron chi connectivity index (χ4n) is 0.889. The molecule has 0 spiro atoms. The number of hydrogen-bond donors (Lipinski definition) is 0. The Bertz CT molecular complexity index is 394. The predicted octanol–water partition coefficient (Wildman–Crippen LogP) is 1.95. The first-order valence-electron chi connectivity index (χ1n) is 3.43. The molecule has 0 heterocycles. The monoisotopic (exact) mass is 175 g/mol. The van der Waals surface area contributed by atoms with Crippen LogP contribution in [0.5, 0.6) is 0 Å². The van der Waals surface area contributed by atoms with E-state index in [1.165, 1.54) is 12.1 Å². The average Bonchev–Trinajstić information content (AvgIpc) is 2.18. The molecular weight excluding hydrogens is 170 g/mol. The number of nitrogens with zero attached hydrogens (tertiary/aromatic N) is 3. The van der Waals surface area contributed by atoms with Crippen LogP contribution >= 0.6 is 0 Å². The maximum atomic E-state index is 11.0. The van der Waals surface area contributed by atoms with Crippen LogP contribution in [0.25, 0.3) is 10.4 Å². The Morgan fingerprint density at radius 3 is 2.77 bits per heavy atom.